The Hall–Kier alpha value is -3.28. The van der Waals surface area contributed by atoms with Gasteiger partial charge in [-0.05, 0) is 54.0 Å². The predicted octanol–water partition coefficient (Wildman–Crippen LogP) is 5.14. The molecule has 0 radical (unpaired) electrons. The Morgan fingerprint density at radius 1 is 1.12 bits per heavy atom. The Kier molecular flexibility index (Phi) is 4.54. The highest BCUT2D eigenvalue weighted by Gasteiger charge is 2.54. The zero-order valence-electron chi connectivity index (χ0n) is 18.6. The smallest absolute Gasteiger partial charge is 0.332 e. The van der Waals surface area contributed by atoms with Crippen LogP contribution in [0.15, 0.2) is 47.1 Å². The fourth-order valence-corrected chi connectivity index (χ4v) is 6.46. The lowest BCUT2D eigenvalue weighted by atomic mass is 9.83. The predicted molar refractivity (Wildman–Crippen MR) is 124 cm³/mol. The summed E-state index contributed by atoms with van der Waals surface area (Å²) in [6.45, 7) is 0.547. The number of carboxylic acids is 2. The van der Waals surface area contributed by atoms with E-state index in [4.69, 9.17) is 4.74 Å². The van der Waals surface area contributed by atoms with E-state index >= 15 is 0 Å². The monoisotopic (exact) mass is 445 g/mol. The molecule has 2 aromatic rings. The molecule has 0 amide bonds. The van der Waals surface area contributed by atoms with Crippen LogP contribution in [0.2, 0.25) is 0 Å². The molecule has 2 saturated carbocycles. The summed E-state index contributed by atoms with van der Waals surface area (Å²) in [4.78, 5) is 24.3. The Bertz CT molecular complexity index is 1300. The van der Waals surface area contributed by atoms with Gasteiger partial charge >= 0.3 is 11.9 Å². The summed E-state index contributed by atoms with van der Waals surface area (Å²) in [6.07, 6.45) is 10.1. The molecule has 33 heavy (non-hydrogen) atoms. The van der Waals surface area contributed by atoms with Crippen molar-refractivity contribution in [2.75, 3.05) is 7.11 Å². The van der Waals surface area contributed by atoms with E-state index in [-0.39, 0.29) is 5.92 Å². The minimum absolute atomic E-state index is 0.118. The van der Waals surface area contributed by atoms with E-state index < -0.39 is 17.9 Å². The van der Waals surface area contributed by atoms with Crippen LogP contribution in [-0.4, -0.2) is 33.8 Å². The second-order valence-corrected chi connectivity index (χ2v) is 9.65. The van der Waals surface area contributed by atoms with Gasteiger partial charge in [-0.3, -0.25) is 4.79 Å². The first-order chi connectivity index (χ1) is 16.0. The van der Waals surface area contributed by atoms with Gasteiger partial charge in [-0.2, -0.15) is 0 Å². The van der Waals surface area contributed by atoms with Gasteiger partial charge in [0.2, 0.25) is 0 Å². The molecule has 4 aliphatic rings. The lowest BCUT2D eigenvalue weighted by Crippen LogP contribution is -2.14. The summed E-state index contributed by atoms with van der Waals surface area (Å²) < 4.78 is 7.93. The van der Waals surface area contributed by atoms with Crippen molar-refractivity contribution in [3.05, 3.63) is 58.3 Å². The summed E-state index contributed by atoms with van der Waals surface area (Å²) in [6, 6.07) is 6.26. The number of carbonyl (C=O) groups is 2. The molecule has 6 heteroatoms. The lowest BCUT2D eigenvalue weighted by Gasteiger charge is -2.25. The number of hydrogen-bond acceptors (Lipinski definition) is 3. The second kappa shape index (κ2) is 7.37. The van der Waals surface area contributed by atoms with Crippen molar-refractivity contribution in [1.82, 2.24) is 4.57 Å². The van der Waals surface area contributed by atoms with Crippen LogP contribution in [0.1, 0.15) is 55.7 Å². The van der Waals surface area contributed by atoms with Crippen molar-refractivity contribution in [3.63, 3.8) is 0 Å². The molecule has 2 atom stereocenters. The summed E-state index contributed by atoms with van der Waals surface area (Å²) in [7, 11) is 1.66. The first-order valence-electron chi connectivity index (χ1n) is 11.8. The van der Waals surface area contributed by atoms with Crippen LogP contribution in [0.25, 0.3) is 16.5 Å². The standard InChI is InChI=1S/C27H27NO5/c1-33-21-11-10-15(14-6-3-2-4-7-14)25-18(21)12-20-22-16(8-5-9-17(22)26(29)30)23-19(13-28(20)25)24(23)27(31)32/h5,8,10-12,14,19,24H,2-4,6-7,9,13H2,1H3,(H,29,30)(H,31,32). The zero-order valence-corrected chi connectivity index (χ0v) is 18.6. The largest absolute Gasteiger partial charge is 0.496 e. The van der Waals surface area contributed by atoms with Crippen molar-refractivity contribution in [2.45, 2.75) is 51.0 Å². The lowest BCUT2D eigenvalue weighted by molar-refractivity contribution is -0.138. The molecule has 0 bridgehead atoms. The number of nitrogens with zero attached hydrogens (tertiary/aromatic N) is 1. The van der Waals surface area contributed by atoms with Crippen LogP contribution in [-0.2, 0) is 16.1 Å². The van der Waals surface area contributed by atoms with E-state index in [0.29, 0.717) is 30.0 Å². The van der Waals surface area contributed by atoms with E-state index in [1.54, 1.807) is 7.11 Å². The van der Waals surface area contributed by atoms with Crippen LogP contribution in [0.3, 0.4) is 0 Å². The molecule has 170 valence electrons. The van der Waals surface area contributed by atoms with E-state index in [9.17, 15) is 19.8 Å². The number of aliphatic carboxylic acids is 2. The van der Waals surface area contributed by atoms with Crippen molar-refractivity contribution in [3.8, 4) is 5.75 Å². The maximum Gasteiger partial charge on any atom is 0.332 e. The molecule has 3 aliphatic carbocycles. The number of fused-ring (bicyclic) bond motifs is 6. The Morgan fingerprint density at radius 3 is 2.61 bits per heavy atom. The average Bonchev–Trinajstić information content (AvgIpc) is 3.45. The van der Waals surface area contributed by atoms with Gasteiger partial charge in [-0.25, -0.2) is 4.79 Å². The first kappa shape index (κ1) is 20.3. The van der Waals surface area contributed by atoms with Crippen LogP contribution in [0, 0.1) is 11.8 Å². The number of methoxy groups -OCH3 is 1. The first-order valence-corrected chi connectivity index (χ1v) is 11.8. The van der Waals surface area contributed by atoms with Crippen LogP contribution < -0.4 is 4.74 Å². The molecule has 2 heterocycles. The average molecular weight is 446 g/mol. The molecule has 0 spiro atoms. The van der Waals surface area contributed by atoms with E-state index in [1.165, 1.54) is 24.8 Å². The molecular weight excluding hydrogens is 418 g/mol. The van der Waals surface area contributed by atoms with Gasteiger partial charge in [0.1, 0.15) is 5.75 Å². The van der Waals surface area contributed by atoms with Crippen molar-refractivity contribution < 1.29 is 24.5 Å². The number of allylic oxidation sites excluding steroid dienone is 4. The highest BCUT2D eigenvalue weighted by atomic mass is 16.5. The highest BCUT2D eigenvalue weighted by molar-refractivity contribution is 6.06. The molecular formula is C27H27NO5. The van der Waals surface area contributed by atoms with Gasteiger partial charge in [-0.15, -0.1) is 0 Å². The topological polar surface area (TPSA) is 88.8 Å². The molecule has 2 unspecified atom stereocenters. The zero-order chi connectivity index (χ0) is 22.9. The highest BCUT2D eigenvalue weighted by Crippen LogP contribution is 2.57. The fourth-order valence-electron chi connectivity index (χ4n) is 6.46. The normalized spacial score (nSPS) is 24.3. The summed E-state index contributed by atoms with van der Waals surface area (Å²) in [5, 5.41) is 20.9. The Balaban J connectivity index is 1.66. The van der Waals surface area contributed by atoms with Gasteiger partial charge in [0.15, 0.2) is 0 Å². The van der Waals surface area contributed by atoms with Gasteiger partial charge < -0.3 is 19.5 Å². The molecule has 6 nitrogen and oxygen atoms in total. The summed E-state index contributed by atoms with van der Waals surface area (Å²) in [5.74, 6) is -1.23. The fraction of sp³-hybridized carbons (Fsp3) is 0.407. The number of benzene rings is 1. The molecule has 1 aromatic heterocycles. The van der Waals surface area contributed by atoms with Crippen molar-refractivity contribution in [2.24, 2.45) is 11.8 Å². The van der Waals surface area contributed by atoms with Crippen LogP contribution in [0.4, 0.5) is 0 Å². The summed E-state index contributed by atoms with van der Waals surface area (Å²) in [5.41, 5.74) is 5.89. The van der Waals surface area contributed by atoms with Gasteiger partial charge in [0, 0.05) is 23.4 Å². The number of carboxylic acid groups (broad SMARTS) is 2. The van der Waals surface area contributed by atoms with Gasteiger partial charge in [-0.1, -0.05) is 37.5 Å². The second-order valence-electron chi connectivity index (χ2n) is 9.65. The number of ether oxygens (including phenoxy) is 1. The third-order valence-corrected chi connectivity index (χ3v) is 7.99. The molecule has 2 fully saturated rings. The third kappa shape index (κ3) is 2.93. The van der Waals surface area contributed by atoms with Crippen molar-refractivity contribution in [1.29, 1.82) is 0 Å². The van der Waals surface area contributed by atoms with E-state index in [0.717, 1.165) is 46.3 Å². The van der Waals surface area contributed by atoms with Crippen LogP contribution in [0.5, 0.6) is 5.75 Å². The van der Waals surface area contributed by atoms with Crippen LogP contribution >= 0.6 is 0 Å². The number of rotatable bonds is 4. The molecule has 6 rings (SSSR count). The van der Waals surface area contributed by atoms with Gasteiger partial charge in [0.25, 0.3) is 0 Å². The molecule has 0 saturated heterocycles. The third-order valence-electron chi connectivity index (χ3n) is 7.99. The number of aromatic nitrogens is 1. The minimum Gasteiger partial charge on any atom is -0.496 e. The Labute approximate surface area is 191 Å². The quantitative estimate of drug-likeness (QED) is 0.681. The van der Waals surface area contributed by atoms with E-state index in [2.05, 4.69) is 16.7 Å². The Morgan fingerprint density at radius 2 is 1.91 bits per heavy atom. The molecule has 1 aromatic carbocycles. The van der Waals surface area contributed by atoms with E-state index in [1.807, 2.05) is 18.2 Å². The SMILES string of the molecule is COc1ccc(C2CCCCC2)c2c1cc1n2CC2C(=C3C=CCC(C(=O)O)=C31)C2C(=O)O. The molecule has 1 aliphatic heterocycles. The van der Waals surface area contributed by atoms with Gasteiger partial charge in [0.05, 0.1) is 29.8 Å². The molecule has 2 N–H and O–H groups in total. The summed E-state index contributed by atoms with van der Waals surface area (Å²) >= 11 is 0. The maximum absolute atomic E-state index is 12.3. The minimum atomic E-state index is -0.949. The maximum atomic E-state index is 12.3. The number of hydrogen-bond donors (Lipinski definition) is 2. The van der Waals surface area contributed by atoms with Crippen molar-refractivity contribution >= 4 is 28.4 Å².